The summed E-state index contributed by atoms with van der Waals surface area (Å²) >= 11 is 1.48. The van der Waals surface area contributed by atoms with Gasteiger partial charge in [0.25, 0.3) is 0 Å². The van der Waals surface area contributed by atoms with Gasteiger partial charge in [-0.1, -0.05) is 23.5 Å². The summed E-state index contributed by atoms with van der Waals surface area (Å²) in [7, 11) is 1.61. The van der Waals surface area contributed by atoms with Crippen LogP contribution in [0.2, 0.25) is 0 Å². The van der Waals surface area contributed by atoms with Gasteiger partial charge in [-0.05, 0) is 69.3 Å². The minimum Gasteiger partial charge on any atom is -0.497 e. The average Bonchev–Trinajstić information content (AvgIpc) is 3.20. The van der Waals surface area contributed by atoms with Crippen molar-refractivity contribution in [1.29, 1.82) is 0 Å². The third-order valence-corrected chi connectivity index (χ3v) is 6.68. The molecule has 3 aromatic rings. The van der Waals surface area contributed by atoms with E-state index in [-0.39, 0.29) is 23.7 Å². The van der Waals surface area contributed by atoms with Gasteiger partial charge in [0.15, 0.2) is 10.9 Å². The number of carbonyl (C=O) groups is 2. The molecule has 1 unspecified atom stereocenters. The van der Waals surface area contributed by atoms with Crippen molar-refractivity contribution in [3.05, 3.63) is 54.1 Å². The number of para-hydroxylation sites is 1. The number of aromatic nitrogens is 1. The second-order valence-electron chi connectivity index (χ2n) is 7.55. The first-order chi connectivity index (χ1) is 14.5. The molecule has 1 atom stereocenters. The van der Waals surface area contributed by atoms with Crippen LogP contribution < -0.4 is 10.1 Å². The fourth-order valence-corrected chi connectivity index (χ4v) is 4.71. The molecule has 2 heterocycles. The van der Waals surface area contributed by atoms with E-state index in [1.807, 2.05) is 55.5 Å². The number of nitrogens with one attached hydrogen (secondary N) is 1. The van der Waals surface area contributed by atoms with Crippen LogP contribution in [0.4, 0.5) is 5.13 Å². The molecule has 4 rings (SSSR count). The number of hydrogen-bond acceptors (Lipinski definition) is 6. The molecule has 0 aliphatic carbocycles. The first kappa shape index (κ1) is 20.5. The molecule has 1 aliphatic heterocycles. The number of nitrogens with zero attached hydrogens (tertiary/aromatic N) is 2. The van der Waals surface area contributed by atoms with E-state index < -0.39 is 0 Å². The van der Waals surface area contributed by atoms with Crippen LogP contribution in [0.1, 0.15) is 30.1 Å². The molecule has 0 saturated carbocycles. The molecule has 2 aromatic carbocycles. The average molecular weight is 424 g/mol. The van der Waals surface area contributed by atoms with Gasteiger partial charge in [-0.15, -0.1) is 0 Å². The van der Waals surface area contributed by atoms with E-state index >= 15 is 0 Å². The summed E-state index contributed by atoms with van der Waals surface area (Å²) in [6.45, 7) is 3.36. The van der Waals surface area contributed by atoms with Crippen LogP contribution in [0, 0.1) is 5.92 Å². The Labute approximate surface area is 179 Å². The third-order valence-electron chi connectivity index (χ3n) is 5.73. The summed E-state index contributed by atoms with van der Waals surface area (Å²) in [6.07, 6.45) is 1.51. The molecule has 1 fully saturated rings. The molecule has 0 radical (unpaired) electrons. The minimum absolute atomic E-state index is 0.00540. The van der Waals surface area contributed by atoms with Crippen LogP contribution in [-0.2, 0) is 4.79 Å². The van der Waals surface area contributed by atoms with Crippen molar-refractivity contribution < 1.29 is 14.3 Å². The maximum Gasteiger partial charge on any atom is 0.243 e. The van der Waals surface area contributed by atoms with Crippen molar-refractivity contribution in [3.8, 4) is 5.75 Å². The topological polar surface area (TPSA) is 71.5 Å². The normalized spacial score (nSPS) is 16.3. The molecule has 6 nitrogen and oxygen atoms in total. The Morgan fingerprint density at radius 3 is 2.50 bits per heavy atom. The van der Waals surface area contributed by atoms with E-state index in [4.69, 9.17) is 4.74 Å². The minimum atomic E-state index is -0.269. The zero-order valence-electron chi connectivity index (χ0n) is 17.1. The third kappa shape index (κ3) is 4.37. The van der Waals surface area contributed by atoms with Crippen LogP contribution in [0.3, 0.4) is 0 Å². The molecule has 0 bridgehead atoms. The predicted molar refractivity (Wildman–Crippen MR) is 119 cm³/mol. The fourth-order valence-electron chi connectivity index (χ4n) is 3.84. The molecule has 0 spiro atoms. The lowest BCUT2D eigenvalue weighted by Crippen LogP contribution is -2.47. The van der Waals surface area contributed by atoms with E-state index in [1.54, 1.807) is 7.11 Å². The maximum atomic E-state index is 12.8. The zero-order valence-corrected chi connectivity index (χ0v) is 17.9. The lowest BCUT2D eigenvalue weighted by Gasteiger charge is -2.34. The second-order valence-corrected chi connectivity index (χ2v) is 8.59. The van der Waals surface area contributed by atoms with Gasteiger partial charge in [-0.25, -0.2) is 4.98 Å². The quantitative estimate of drug-likeness (QED) is 0.601. The lowest BCUT2D eigenvalue weighted by atomic mass is 9.88. The molecule has 1 aliphatic rings. The van der Waals surface area contributed by atoms with Gasteiger partial charge in [-0.2, -0.15) is 0 Å². The molecule has 1 aromatic heterocycles. The highest BCUT2D eigenvalue weighted by atomic mass is 32.1. The Morgan fingerprint density at radius 1 is 1.13 bits per heavy atom. The van der Waals surface area contributed by atoms with Crippen LogP contribution in [0.15, 0.2) is 48.5 Å². The second kappa shape index (κ2) is 8.93. The Bertz CT molecular complexity index is 1010. The number of amides is 1. The fraction of sp³-hybridized carbons (Fsp3) is 0.348. The number of ketones is 1. The summed E-state index contributed by atoms with van der Waals surface area (Å²) in [5, 5.41) is 3.57. The molecule has 156 valence electrons. The first-order valence-electron chi connectivity index (χ1n) is 10.1. The molecule has 7 heteroatoms. The number of fused-ring (bicyclic) bond motifs is 1. The number of rotatable bonds is 6. The molecule has 1 amide bonds. The summed E-state index contributed by atoms with van der Waals surface area (Å²) < 4.78 is 6.21. The van der Waals surface area contributed by atoms with E-state index in [9.17, 15) is 9.59 Å². The number of thiazole rings is 1. The van der Waals surface area contributed by atoms with Gasteiger partial charge < -0.3 is 10.1 Å². The molecule has 30 heavy (non-hydrogen) atoms. The van der Waals surface area contributed by atoms with Crippen molar-refractivity contribution >= 4 is 38.4 Å². The van der Waals surface area contributed by atoms with Gasteiger partial charge in [-0.3, -0.25) is 14.5 Å². The van der Waals surface area contributed by atoms with Crippen molar-refractivity contribution in [2.75, 3.05) is 25.5 Å². The number of methoxy groups -OCH3 is 1. The van der Waals surface area contributed by atoms with Crippen molar-refractivity contribution in [3.63, 3.8) is 0 Å². The first-order valence-corrected chi connectivity index (χ1v) is 11.0. The smallest absolute Gasteiger partial charge is 0.243 e. The highest BCUT2D eigenvalue weighted by Gasteiger charge is 2.30. The zero-order chi connectivity index (χ0) is 21.1. The predicted octanol–water partition coefficient (Wildman–Crippen LogP) is 4.23. The molecule has 1 saturated heterocycles. The summed E-state index contributed by atoms with van der Waals surface area (Å²) in [6, 6.07) is 14.8. The maximum absolute atomic E-state index is 12.8. The number of hydrogen-bond donors (Lipinski definition) is 1. The Hall–Kier alpha value is -2.77. The van der Waals surface area contributed by atoms with Crippen LogP contribution >= 0.6 is 11.3 Å². The summed E-state index contributed by atoms with van der Waals surface area (Å²) in [5.74, 6) is 0.848. The van der Waals surface area contributed by atoms with E-state index in [0.717, 1.165) is 47.5 Å². The van der Waals surface area contributed by atoms with E-state index in [2.05, 4.69) is 15.2 Å². The number of anilines is 1. The number of likely N-dealkylation sites (tertiary alicyclic amines) is 1. The van der Waals surface area contributed by atoms with Crippen LogP contribution in [0.25, 0.3) is 10.2 Å². The summed E-state index contributed by atoms with van der Waals surface area (Å²) in [4.78, 5) is 32.1. The Kier molecular flexibility index (Phi) is 6.11. The number of Topliss-reactive ketones (excluding diaryl/α,β-unsaturated/α-hetero) is 1. The number of benzene rings is 2. The van der Waals surface area contributed by atoms with Crippen molar-refractivity contribution in [2.45, 2.75) is 25.8 Å². The highest BCUT2D eigenvalue weighted by Crippen LogP contribution is 2.27. The molecular weight excluding hydrogens is 398 g/mol. The monoisotopic (exact) mass is 423 g/mol. The molecular formula is C23H25N3O3S. The van der Waals surface area contributed by atoms with Gasteiger partial charge in [0.1, 0.15) is 5.75 Å². The Morgan fingerprint density at radius 2 is 1.83 bits per heavy atom. The molecule has 1 N–H and O–H groups in total. The largest absolute Gasteiger partial charge is 0.497 e. The van der Waals surface area contributed by atoms with Crippen molar-refractivity contribution in [2.24, 2.45) is 5.92 Å². The van der Waals surface area contributed by atoms with Gasteiger partial charge in [0, 0.05) is 11.5 Å². The van der Waals surface area contributed by atoms with Crippen LogP contribution in [0.5, 0.6) is 5.75 Å². The van der Waals surface area contributed by atoms with E-state index in [0.29, 0.717) is 5.13 Å². The lowest BCUT2D eigenvalue weighted by molar-refractivity contribution is -0.121. The number of carbonyl (C=O) groups excluding carboxylic acids is 2. The van der Waals surface area contributed by atoms with Gasteiger partial charge in [0.2, 0.25) is 5.91 Å². The van der Waals surface area contributed by atoms with E-state index in [1.165, 1.54) is 11.3 Å². The standard InChI is InChI=1S/C23H25N3O3S/c1-15(22(28)25-23-24-19-5-3-4-6-20(19)30-23)26-13-11-17(12-14-26)21(27)16-7-9-18(29-2)10-8-16/h3-10,15,17H,11-14H2,1-2H3,(H,24,25,28). The highest BCUT2D eigenvalue weighted by molar-refractivity contribution is 7.22. The van der Waals surface area contributed by atoms with Crippen LogP contribution in [-0.4, -0.2) is 47.8 Å². The number of piperidine rings is 1. The SMILES string of the molecule is COc1ccc(C(=O)C2CCN(C(C)C(=O)Nc3nc4ccccc4s3)CC2)cc1. The Balaban J connectivity index is 1.32. The van der Waals surface area contributed by atoms with Gasteiger partial charge >= 0.3 is 0 Å². The van der Waals surface area contributed by atoms with Crippen molar-refractivity contribution in [1.82, 2.24) is 9.88 Å². The number of ether oxygens (including phenoxy) is 1. The van der Waals surface area contributed by atoms with Gasteiger partial charge in [0.05, 0.1) is 23.4 Å². The summed E-state index contributed by atoms with van der Waals surface area (Å²) in [5.41, 5.74) is 1.61.